The Bertz CT molecular complexity index is 313. The number of hydrogen-bond acceptors (Lipinski definition) is 3. The lowest BCUT2D eigenvalue weighted by Crippen LogP contribution is -2.23. The van der Waals surface area contributed by atoms with E-state index < -0.39 is 5.97 Å². The summed E-state index contributed by atoms with van der Waals surface area (Å²) in [7, 11) is 0. The highest BCUT2D eigenvalue weighted by Gasteiger charge is 2.17. The summed E-state index contributed by atoms with van der Waals surface area (Å²) in [4.78, 5) is 14.2. The van der Waals surface area contributed by atoms with Crippen LogP contribution in [0.15, 0.2) is 28.8 Å². The van der Waals surface area contributed by atoms with Gasteiger partial charge in [-0.05, 0) is 6.08 Å². The van der Waals surface area contributed by atoms with Crippen molar-refractivity contribution in [3.8, 4) is 0 Å². The van der Waals surface area contributed by atoms with Crippen molar-refractivity contribution in [3.05, 3.63) is 23.8 Å². The summed E-state index contributed by atoms with van der Waals surface area (Å²) < 4.78 is 4.73. The number of nitrogens with two attached hydrogens (primary N) is 2. The SMILES string of the molecule is NC(N)=NC1=C(C(=O)O)OC=CC1. The zero-order valence-corrected chi connectivity index (χ0v) is 6.73. The van der Waals surface area contributed by atoms with Crippen LogP contribution in [0, 0.1) is 0 Å². The predicted molar refractivity (Wildman–Crippen MR) is 45.3 cm³/mol. The monoisotopic (exact) mass is 183 g/mol. The van der Waals surface area contributed by atoms with Crippen LogP contribution in [-0.2, 0) is 9.53 Å². The van der Waals surface area contributed by atoms with Crippen molar-refractivity contribution in [2.75, 3.05) is 0 Å². The number of carboxylic acid groups (broad SMARTS) is 1. The van der Waals surface area contributed by atoms with Crippen molar-refractivity contribution >= 4 is 11.9 Å². The van der Waals surface area contributed by atoms with Gasteiger partial charge in [0, 0.05) is 6.42 Å². The number of aliphatic carboxylic acids is 1. The summed E-state index contributed by atoms with van der Waals surface area (Å²) in [5.41, 5.74) is 10.4. The van der Waals surface area contributed by atoms with Crippen LogP contribution in [0.5, 0.6) is 0 Å². The maximum atomic E-state index is 10.6. The summed E-state index contributed by atoms with van der Waals surface area (Å²) in [5, 5.41) is 8.65. The Morgan fingerprint density at radius 3 is 2.85 bits per heavy atom. The molecule has 0 aromatic heterocycles. The number of nitrogens with zero attached hydrogens (tertiary/aromatic N) is 1. The smallest absolute Gasteiger partial charge is 0.373 e. The number of aliphatic imine (C=N–C) groups is 1. The molecule has 0 saturated heterocycles. The number of allylic oxidation sites excluding steroid dienone is 1. The van der Waals surface area contributed by atoms with Crippen LogP contribution in [0.4, 0.5) is 0 Å². The third-order valence-electron chi connectivity index (χ3n) is 1.31. The number of guanidine groups is 1. The van der Waals surface area contributed by atoms with Gasteiger partial charge >= 0.3 is 5.97 Å². The molecular formula is C7H9N3O3. The highest BCUT2D eigenvalue weighted by Crippen LogP contribution is 2.17. The van der Waals surface area contributed by atoms with Crippen molar-refractivity contribution in [2.45, 2.75) is 6.42 Å². The first-order valence-corrected chi connectivity index (χ1v) is 3.49. The fraction of sp³-hybridized carbons (Fsp3) is 0.143. The Morgan fingerprint density at radius 1 is 1.62 bits per heavy atom. The number of carbonyl (C=O) groups is 1. The highest BCUT2D eigenvalue weighted by molar-refractivity contribution is 5.86. The van der Waals surface area contributed by atoms with Crippen LogP contribution in [0.1, 0.15) is 6.42 Å². The Hall–Kier alpha value is -1.98. The second-order valence-corrected chi connectivity index (χ2v) is 2.31. The van der Waals surface area contributed by atoms with Gasteiger partial charge in [0.15, 0.2) is 5.96 Å². The van der Waals surface area contributed by atoms with Crippen LogP contribution < -0.4 is 11.5 Å². The molecule has 0 atom stereocenters. The Kier molecular flexibility index (Phi) is 2.53. The molecule has 1 heterocycles. The molecule has 0 spiro atoms. The fourth-order valence-electron chi connectivity index (χ4n) is 0.863. The molecule has 6 nitrogen and oxygen atoms in total. The highest BCUT2D eigenvalue weighted by atomic mass is 16.5. The second-order valence-electron chi connectivity index (χ2n) is 2.31. The first kappa shape index (κ1) is 9.11. The van der Waals surface area contributed by atoms with Gasteiger partial charge in [-0.25, -0.2) is 9.79 Å². The van der Waals surface area contributed by atoms with Crippen LogP contribution in [0.2, 0.25) is 0 Å². The molecule has 0 bridgehead atoms. The van der Waals surface area contributed by atoms with Crippen LogP contribution >= 0.6 is 0 Å². The molecule has 0 aromatic rings. The minimum Gasteiger partial charge on any atom is -0.475 e. The van der Waals surface area contributed by atoms with Gasteiger partial charge in [-0.15, -0.1) is 0 Å². The Morgan fingerprint density at radius 2 is 2.31 bits per heavy atom. The lowest BCUT2D eigenvalue weighted by atomic mass is 10.2. The standard InChI is InChI=1S/C7H9N3O3/c8-7(9)10-4-2-1-3-13-5(4)6(11)12/h1,3H,2H2,(H,11,12)(H4,8,9,10). The minimum atomic E-state index is -1.19. The zero-order chi connectivity index (χ0) is 9.84. The van der Waals surface area contributed by atoms with E-state index in [2.05, 4.69) is 4.99 Å². The van der Waals surface area contributed by atoms with Crippen LogP contribution in [0.3, 0.4) is 0 Å². The Labute approximate surface area is 74.2 Å². The van der Waals surface area contributed by atoms with Gasteiger partial charge in [0.05, 0.1) is 12.0 Å². The third kappa shape index (κ3) is 2.22. The van der Waals surface area contributed by atoms with Gasteiger partial charge in [0.1, 0.15) is 0 Å². The zero-order valence-electron chi connectivity index (χ0n) is 6.73. The number of carboxylic acids is 1. The lowest BCUT2D eigenvalue weighted by Gasteiger charge is -2.09. The summed E-state index contributed by atoms with van der Waals surface area (Å²) in [5.74, 6) is -1.62. The van der Waals surface area contributed by atoms with E-state index in [4.69, 9.17) is 21.3 Å². The van der Waals surface area contributed by atoms with E-state index in [1.54, 1.807) is 6.08 Å². The van der Waals surface area contributed by atoms with Gasteiger partial charge in [-0.1, -0.05) is 0 Å². The normalized spacial score (nSPS) is 15.1. The van der Waals surface area contributed by atoms with E-state index in [1.165, 1.54) is 6.26 Å². The molecule has 1 aliphatic rings. The average molecular weight is 183 g/mol. The summed E-state index contributed by atoms with van der Waals surface area (Å²) in [6.07, 6.45) is 3.25. The molecule has 0 aromatic carbocycles. The van der Waals surface area contributed by atoms with Crippen molar-refractivity contribution in [1.29, 1.82) is 0 Å². The van der Waals surface area contributed by atoms with Crippen LogP contribution in [-0.4, -0.2) is 17.0 Å². The van der Waals surface area contributed by atoms with Crippen molar-refractivity contribution in [2.24, 2.45) is 16.5 Å². The molecule has 13 heavy (non-hydrogen) atoms. The van der Waals surface area contributed by atoms with E-state index in [-0.39, 0.29) is 17.4 Å². The Balaban J connectivity index is 2.99. The maximum Gasteiger partial charge on any atom is 0.373 e. The number of rotatable bonds is 2. The van der Waals surface area contributed by atoms with E-state index in [0.717, 1.165) is 0 Å². The predicted octanol–water partition coefficient (Wildman–Crippen LogP) is -0.510. The van der Waals surface area contributed by atoms with E-state index in [9.17, 15) is 4.79 Å². The lowest BCUT2D eigenvalue weighted by molar-refractivity contribution is -0.135. The quantitative estimate of drug-likeness (QED) is 0.394. The molecule has 0 radical (unpaired) electrons. The first-order valence-electron chi connectivity index (χ1n) is 3.49. The topological polar surface area (TPSA) is 111 Å². The average Bonchev–Trinajstić information content (AvgIpc) is 2.03. The molecule has 5 N–H and O–H groups in total. The van der Waals surface area contributed by atoms with E-state index >= 15 is 0 Å². The molecule has 0 aliphatic carbocycles. The largest absolute Gasteiger partial charge is 0.475 e. The van der Waals surface area contributed by atoms with Gasteiger partial charge in [-0.2, -0.15) is 0 Å². The molecule has 0 unspecified atom stereocenters. The van der Waals surface area contributed by atoms with Crippen LogP contribution in [0.25, 0.3) is 0 Å². The summed E-state index contributed by atoms with van der Waals surface area (Å²) in [6, 6.07) is 0. The first-order chi connectivity index (χ1) is 6.11. The van der Waals surface area contributed by atoms with Gasteiger partial charge in [0.25, 0.3) is 0 Å². The molecular weight excluding hydrogens is 174 g/mol. The van der Waals surface area contributed by atoms with Crippen molar-refractivity contribution in [3.63, 3.8) is 0 Å². The molecule has 0 fully saturated rings. The molecule has 1 aliphatic heterocycles. The summed E-state index contributed by atoms with van der Waals surface area (Å²) in [6.45, 7) is 0. The fourth-order valence-corrected chi connectivity index (χ4v) is 0.863. The van der Waals surface area contributed by atoms with Gasteiger partial charge < -0.3 is 21.3 Å². The second kappa shape index (κ2) is 3.61. The van der Waals surface area contributed by atoms with E-state index in [1.807, 2.05) is 0 Å². The molecule has 0 amide bonds. The summed E-state index contributed by atoms with van der Waals surface area (Å²) >= 11 is 0. The molecule has 0 saturated carbocycles. The molecule has 70 valence electrons. The minimum absolute atomic E-state index is 0.187. The number of hydrogen-bond donors (Lipinski definition) is 3. The third-order valence-corrected chi connectivity index (χ3v) is 1.31. The molecule has 6 heteroatoms. The maximum absolute atomic E-state index is 10.6. The van der Waals surface area contributed by atoms with Gasteiger partial charge in [0.2, 0.25) is 5.76 Å². The molecule has 1 rings (SSSR count). The van der Waals surface area contributed by atoms with Gasteiger partial charge in [-0.3, -0.25) is 0 Å². The van der Waals surface area contributed by atoms with E-state index in [0.29, 0.717) is 6.42 Å². The number of ether oxygens (including phenoxy) is 1. The van der Waals surface area contributed by atoms with Crippen molar-refractivity contribution in [1.82, 2.24) is 0 Å². The van der Waals surface area contributed by atoms with Crippen molar-refractivity contribution < 1.29 is 14.6 Å².